The third kappa shape index (κ3) is 5.85. The molecular formula is C21H27N3O6S2. The molecule has 0 unspecified atom stereocenters. The van der Waals surface area contributed by atoms with E-state index < -0.39 is 26.0 Å². The Morgan fingerprint density at radius 3 is 2.34 bits per heavy atom. The summed E-state index contributed by atoms with van der Waals surface area (Å²) in [6, 6.07) is 9.18. The van der Waals surface area contributed by atoms with Crippen LogP contribution in [-0.2, 0) is 20.0 Å². The van der Waals surface area contributed by atoms with Crippen molar-refractivity contribution in [2.24, 2.45) is 0 Å². The molecule has 0 aromatic heterocycles. The number of methoxy groups -OCH3 is 1. The molecule has 0 heterocycles. The Labute approximate surface area is 188 Å². The second-order valence-electron chi connectivity index (χ2n) is 7.68. The predicted octanol–water partition coefficient (Wildman–Crippen LogP) is 1.46. The Kier molecular flexibility index (Phi) is 7.23. The van der Waals surface area contributed by atoms with Gasteiger partial charge >= 0.3 is 0 Å². The lowest BCUT2D eigenvalue weighted by Gasteiger charge is -2.13. The lowest BCUT2D eigenvalue weighted by Crippen LogP contribution is -2.35. The highest BCUT2D eigenvalue weighted by Crippen LogP contribution is 2.28. The van der Waals surface area contributed by atoms with Crippen LogP contribution in [0.3, 0.4) is 0 Å². The first-order chi connectivity index (χ1) is 15.0. The molecule has 3 rings (SSSR count). The molecule has 174 valence electrons. The van der Waals surface area contributed by atoms with E-state index in [0.717, 1.165) is 18.4 Å². The summed E-state index contributed by atoms with van der Waals surface area (Å²) < 4.78 is 60.4. The van der Waals surface area contributed by atoms with Gasteiger partial charge in [0, 0.05) is 24.7 Å². The zero-order valence-electron chi connectivity index (χ0n) is 18.1. The van der Waals surface area contributed by atoms with Crippen LogP contribution in [-0.4, -0.2) is 49.0 Å². The smallest absolute Gasteiger partial charge is 0.251 e. The van der Waals surface area contributed by atoms with Gasteiger partial charge in [0.05, 0.1) is 12.0 Å². The zero-order valence-corrected chi connectivity index (χ0v) is 19.8. The van der Waals surface area contributed by atoms with Crippen molar-refractivity contribution in [2.45, 2.75) is 42.5 Å². The van der Waals surface area contributed by atoms with Gasteiger partial charge in [-0.1, -0.05) is 12.1 Å². The number of hydrogen-bond acceptors (Lipinski definition) is 6. The summed E-state index contributed by atoms with van der Waals surface area (Å²) in [5.41, 5.74) is 1.57. The van der Waals surface area contributed by atoms with Gasteiger partial charge in [0.15, 0.2) is 0 Å². The van der Waals surface area contributed by atoms with Crippen molar-refractivity contribution in [2.75, 3.05) is 20.2 Å². The highest BCUT2D eigenvalue weighted by atomic mass is 32.2. The fourth-order valence-electron chi connectivity index (χ4n) is 3.05. The number of benzene rings is 2. The first-order valence-corrected chi connectivity index (χ1v) is 13.1. The molecule has 11 heteroatoms. The summed E-state index contributed by atoms with van der Waals surface area (Å²) in [6.07, 6.45) is 1.55. The second-order valence-corrected chi connectivity index (χ2v) is 11.1. The SMILES string of the molecule is COc1ccc(C(=O)NCCNS(=O)(=O)c2cc(C)ccc2C)cc1S(=O)(=O)NC1CC1. The molecule has 0 bridgehead atoms. The van der Waals surface area contributed by atoms with Crippen LogP contribution < -0.4 is 19.5 Å². The first kappa shape index (κ1) is 24.2. The second kappa shape index (κ2) is 9.57. The number of aryl methyl sites for hydroxylation is 2. The molecule has 2 aromatic rings. The summed E-state index contributed by atoms with van der Waals surface area (Å²) in [5.74, 6) is -0.391. The number of sulfonamides is 2. The van der Waals surface area contributed by atoms with Gasteiger partial charge in [-0.2, -0.15) is 0 Å². The number of carbonyl (C=O) groups is 1. The Bertz CT molecular complexity index is 1220. The van der Waals surface area contributed by atoms with Gasteiger partial charge in [0.2, 0.25) is 20.0 Å². The van der Waals surface area contributed by atoms with Gasteiger partial charge in [-0.05, 0) is 62.1 Å². The van der Waals surface area contributed by atoms with Crippen LogP contribution in [0.5, 0.6) is 5.75 Å². The molecule has 1 amide bonds. The molecule has 2 aromatic carbocycles. The molecule has 32 heavy (non-hydrogen) atoms. The topological polar surface area (TPSA) is 131 Å². The molecule has 0 aliphatic heterocycles. The average Bonchev–Trinajstić information content (AvgIpc) is 3.55. The molecule has 3 N–H and O–H groups in total. The minimum absolute atomic E-state index is 0.0218. The van der Waals surface area contributed by atoms with Crippen molar-refractivity contribution in [3.05, 3.63) is 53.1 Å². The van der Waals surface area contributed by atoms with E-state index in [0.29, 0.717) is 5.56 Å². The number of nitrogens with one attached hydrogen (secondary N) is 3. The standard InChI is InChI=1S/C21H27N3O6S2/c1-14-4-5-15(2)19(12-14)31(26,27)23-11-10-22-21(25)16-6-9-18(30-3)20(13-16)32(28,29)24-17-7-8-17/h4-6,9,12-13,17,23-24H,7-8,10-11H2,1-3H3,(H,22,25). The zero-order chi connectivity index (χ0) is 23.5. The van der Waals surface area contributed by atoms with Crippen LogP contribution in [0.25, 0.3) is 0 Å². The number of rotatable bonds is 10. The number of carbonyl (C=O) groups excluding carboxylic acids is 1. The fraction of sp³-hybridized carbons (Fsp3) is 0.381. The molecule has 1 aliphatic rings. The highest BCUT2D eigenvalue weighted by molar-refractivity contribution is 7.89. The van der Waals surface area contributed by atoms with E-state index in [1.807, 2.05) is 13.0 Å². The average molecular weight is 482 g/mol. The first-order valence-electron chi connectivity index (χ1n) is 10.1. The van der Waals surface area contributed by atoms with Crippen LogP contribution in [0, 0.1) is 13.8 Å². The molecule has 0 radical (unpaired) electrons. The third-order valence-electron chi connectivity index (χ3n) is 4.95. The predicted molar refractivity (Wildman–Crippen MR) is 120 cm³/mol. The molecule has 0 saturated heterocycles. The number of amides is 1. The maximum absolute atomic E-state index is 12.6. The lowest BCUT2D eigenvalue weighted by molar-refractivity contribution is 0.0954. The summed E-state index contributed by atoms with van der Waals surface area (Å²) in [6.45, 7) is 3.52. The van der Waals surface area contributed by atoms with Crippen molar-refractivity contribution >= 4 is 26.0 Å². The Morgan fingerprint density at radius 1 is 0.969 bits per heavy atom. The minimum atomic E-state index is -3.83. The molecule has 1 saturated carbocycles. The van der Waals surface area contributed by atoms with Crippen LogP contribution in [0.4, 0.5) is 0 Å². The monoisotopic (exact) mass is 481 g/mol. The number of hydrogen-bond donors (Lipinski definition) is 3. The quantitative estimate of drug-likeness (QED) is 0.441. The van der Waals surface area contributed by atoms with Crippen molar-refractivity contribution in [1.29, 1.82) is 0 Å². The van der Waals surface area contributed by atoms with Crippen LogP contribution >= 0.6 is 0 Å². The maximum atomic E-state index is 12.6. The van der Waals surface area contributed by atoms with Gasteiger partial charge < -0.3 is 10.1 Å². The Balaban J connectivity index is 1.64. The summed E-state index contributed by atoms with van der Waals surface area (Å²) in [7, 11) is -6.19. The summed E-state index contributed by atoms with van der Waals surface area (Å²) in [4.78, 5) is 12.6. The molecule has 0 atom stereocenters. The molecule has 9 nitrogen and oxygen atoms in total. The van der Waals surface area contributed by atoms with E-state index in [1.54, 1.807) is 19.1 Å². The van der Waals surface area contributed by atoms with Gasteiger partial charge in [-0.15, -0.1) is 0 Å². The minimum Gasteiger partial charge on any atom is -0.495 e. The third-order valence-corrected chi connectivity index (χ3v) is 8.10. The van der Waals surface area contributed by atoms with E-state index in [4.69, 9.17) is 4.74 Å². The van der Waals surface area contributed by atoms with E-state index in [-0.39, 0.29) is 40.2 Å². The van der Waals surface area contributed by atoms with Gasteiger partial charge in [0.25, 0.3) is 5.91 Å². The Hall–Kier alpha value is -2.47. The van der Waals surface area contributed by atoms with Crippen molar-refractivity contribution in [3.63, 3.8) is 0 Å². The Morgan fingerprint density at radius 2 is 1.69 bits per heavy atom. The van der Waals surface area contributed by atoms with E-state index in [9.17, 15) is 21.6 Å². The van der Waals surface area contributed by atoms with Gasteiger partial charge in [0.1, 0.15) is 10.6 Å². The van der Waals surface area contributed by atoms with Crippen molar-refractivity contribution in [1.82, 2.24) is 14.8 Å². The maximum Gasteiger partial charge on any atom is 0.251 e. The molecule has 1 fully saturated rings. The van der Waals surface area contributed by atoms with Gasteiger partial charge in [-0.3, -0.25) is 4.79 Å². The molecular weight excluding hydrogens is 454 g/mol. The molecule has 0 spiro atoms. The summed E-state index contributed by atoms with van der Waals surface area (Å²) in [5, 5.41) is 2.60. The van der Waals surface area contributed by atoms with Crippen molar-refractivity contribution < 1.29 is 26.4 Å². The van der Waals surface area contributed by atoms with Crippen LogP contribution in [0.2, 0.25) is 0 Å². The number of ether oxygens (including phenoxy) is 1. The molecule has 1 aliphatic carbocycles. The highest BCUT2D eigenvalue weighted by Gasteiger charge is 2.30. The van der Waals surface area contributed by atoms with Gasteiger partial charge in [-0.25, -0.2) is 26.3 Å². The van der Waals surface area contributed by atoms with E-state index in [2.05, 4.69) is 14.8 Å². The van der Waals surface area contributed by atoms with E-state index in [1.165, 1.54) is 25.3 Å². The van der Waals surface area contributed by atoms with Crippen LogP contribution in [0.1, 0.15) is 34.3 Å². The fourth-order valence-corrected chi connectivity index (χ4v) is 5.91. The lowest BCUT2D eigenvalue weighted by atomic mass is 10.2. The summed E-state index contributed by atoms with van der Waals surface area (Å²) >= 11 is 0. The normalized spacial score (nSPS) is 14.2. The largest absolute Gasteiger partial charge is 0.495 e. The van der Waals surface area contributed by atoms with Crippen LogP contribution in [0.15, 0.2) is 46.2 Å². The van der Waals surface area contributed by atoms with E-state index >= 15 is 0 Å². The van der Waals surface area contributed by atoms with Crippen molar-refractivity contribution in [3.8, 4) is 5.75 Å².